The molecule has 0 aromatic heterocycles. The van der Waals surface area contributed by atoms with Gasteiger partial charge in [0.1, 0.15) is 11.4 Å². The van der Waals surface area contributed by atoms with Gasteiger partial charge in [-0.2, -0.15) is 10.2 Å². The number of azo groups is 1. The minimum absolute atomic E-state index is 0.0875. The maximum Gasteiger partial charge on any atom is 0.146 e. The molecule has 1 fully saturated rings. The van der Waals surface area contributed by atoms with Crippen molar-refractivity contribution >= 4 is 5.69 Å². The summed E-state index contributed by atoms with van der Waals surface area (Å²) in [5, 5.41) is 19.3. The summed E-state index contributed by atoms with van der Waals surface area (Å²) >= 11 is 0. The molecule has 3 heteroatoms. The molecule has 2 rings (SSSR count). The molecule has 0 spiro atoms. The van der Waals surface area contributed by atoms with Crippen LogP contribution in [0, 0.1) is 0 Å². The van der Waals surface area contributed by atoms with Crippen LogP contribution in [0.15, 0.2) is 28.4 Å². The zero-order valence-electron chi connectivity index (χ0n) is 13.6. The number of phenols is 1. The largest absolute Gasteiger partial charge is 0.505 e. The van der Waals surface area contributed by atoms with E-state index in [4.69, 9.17) is 0 Å². The van der Waals surface area contributed by atoms with Gasteiger partial charge in [0, 0.05) is 5.56 Å². The Bertz CT molecular complexity index is 480. The van der Waals surface area contributed by atoms with Gasteiger partial charge in [0.15, 0.2) is 0 Å². The Labute approximate surface area is 128 Å². The lowest BCUT2D eigenvalue weighted by atomic mass is 9.86. The van der Waals surface area contributed by atoms with E-state index in [-0.39, 0.29) is 11.2 Å². The Morgan fingerprint density at radius 1 is 1.00 bits per heavy atom. The highest BCUT2D eigenvalue weighted by Gasteiger charge is 2.20. The van der Waals surface area contributed by atoms with Crippen LogP contribution in [0.2, 0.25) is 0 Å². The third-order valence-electron chi connectivity index (χ3n) is 4.23. The van der Waals surface area contributed by atoms with Crippen LogP contribution >= 0.6 is 0 Å². The van der Waals surface area contributed by atoms with Crippen LogP contribution in [-0.4, -0.2) is 11.1 Å². The Morgan fingerprint density at radius 3 is 2.24 bits per heavy atom. The summed E-state index contributed by atoms with van der Waals surface area (Å²) in [5.41, 5.74) is 1.44. The number of hydrogen-bond donors (Lipinski definition) is 1. The number of para-hydroxylation sites is 1. The summed E-state index contributed by atoms with van der Waals surface area (Å²) < 4.78 is 0. The number of phenolic OH excluding ortho intramolecular Hbond substituents is 1. The van der Waals surface area contributed by atoms with E-state index in [1.165, 1.54) is 32.1 Å². The minimum atomic E-state index is -0.0875. The molecule has 3 nitrogen and oxygen atoms in total. The Balaban J connectivity index is 2.13. The molecule has 0 saturated heterocycles. The van der Waals surface area contributed by atoms with Crippen LogP contribution in [-0.2, 0) is 5.41 Å². The molecule has 0 atom stereocenters. The van der Waals surface area contributed by atoms with Crippen LogP contribution in [0.5, 0.6) is 5.75 Å². The first-order chi connectivity index (χ1) is 9.98. The fourth-order valence-electron chi connectivity index (χ4n) is 2.91. The van der Waals surface area contributed by atoms with Crippen molar-refractivity contribution in [1.82, 2.24) is 0 Å². The highest BCUT2D eigenvalue weighted by atomic mass is 16.3. The molecule has 1 aliphatic rings. The van der Waals surface area contributed by atoms with Crippen molar-refractivity contribution in [2.24, 2.45) is 10.2 Å². The smallest absolute Gasteiger partial charge is 0.146 e. The first kappa shape index (κ1) is 16.0. The quantitative estimate of drug-likeness (QED) is 0.678. The average Bonchev–Trinajstić information content (AvgIpc) is 2.37. The molecular formula is C18H28N2O. The SMILES string of the molecule is CC(C)(C)c1cccc(N=NC2CCCCCCC2)c1O. The number of nitrogens with zero attached hydrogens (tertiary/aromatic N) is 2. The molecule has 0 bridgehead atoms. The Hall–Kier alpha value is -1.38. The fourth-order valence-corrected chi connectivity index (χ4v) is 2.91. The zero-order chi connectivity index (χ0) is 15.3. The van der Waals surface area contributed by atoms with E-state index < -0.39 is 0 Å². The Kier molecular flexibility index (Phi) is 5.38. The van der Waals surface area contributed by atoms with Gasteiger partial charge in [0.25, 0.3) is 0 Å². The van der Waals surface area contributed by atoms with Crippen LogP contribution in [0.25, 0.3) is 0 Å². The lowest BCUT2D eigenvalue weighted by molar-refractivity contribution is 0.438. The second-order valence-corrected chi connectivity index (χ2v) is 7.14. The first-order valence-corrected chi connectivity index (χ1v) is 8.22. The molecule has 1 N–H and O–H groups in total. The van der Waals surface area contributed by atoms with Crippen molar-refractivity contribution in [1.29, 1.82) is 0 Å². The van der Waals surface area contributed by atoms with Crippen molar-refractivity contribution in [3.8, 4) is 5.75 Å². The topological polar surface area (TPSA) is 45.0 Å². The van der Waals surface area contributed by atoms with E-state index in [0.717, 1.165) is 18.4 Å². The van der Waals surface area contributed by atoms with E-state index in [1.807, 2.05) is 18.2 Å². The van der Waals surface area contributed by atoms with Crippen molar-refractivity contribution < 1.29 is 5.11 Å². The van der Waals surface area contributed by atoms with Crippen LogP contribution < -0.4 is 0 Å². The normalized spacial score (nSPS) is 18.6. The third-order valence-corrected chi connectivity index (χ3v) is 4.23. The average molecular weight is 288 g/mol. The molecule has 1 aliphatic carbocycles. The molecule has 0 aliphatic heterocycles. The van der Waals surface area contributed by atoms with E-state index in [9.17, 15) is 5.11 Å². The predicted molar refractivity (Wildman–Crippen MR) is 87.4 cm³/mol. The zero-order valence-corrected chi connectivity index (χ0v) is 13.6. The molecule has 1 aromatic carbocycles. The summed E-state index contributed by atoms with van der Waals surface area (Å²) in [6, 6.07) is 6.08. The molecule has 116 valence electrons. The summed E-state index contributed by atoms with van der Waals surface area (Å²) in [5.74, 6) is 0.277. The second kappa shape index (κ2) is 7.06. The van der Waals surface area contributed by atoms with Gasteiger partial charge in [0.2, 0.25) is 0 Å². The standard InChI is InChI=1S/C18H28N2O/c1-18(2,3)15-12-9-13-16(17(15)21)20-19-14-10-7-5-4-6-8-11-14/h9,12-14,21H,4-8,10-11H2,1-3H3. The number of benzene rings is 1. The maximum absolute atomic E-state index is 10.4. The van der Waals surface area contributed by atoms with E-state index in [1.54, 1.807) is 0 Å². The number of aromatic hydroxyl groups is 1. The third kappa shape index (κ3) is 4.55. The molecule has 0 amide bonds. The van der Waals surface area contributed by atoms with Gasteiger partial charge in [-0.3, -0.25) is 0 Å². The summed E-state index contributed by atoms with van der Waals surface area (Å²) in [6.45, 7) is 6.29. The molecule has 0 unspecified atom stereocenters. The van der Waals surface area contributed by atoms with E-state index in [2.05, 4.69) is 31.0 Å². The fraction of sp³-hybridized carbons (Fsp3) is 0.667. The van der Waals surface area contributed by atoms with Crippen LogP contribution in [0.1, 0.15) is 71.3 Å². The monoisotopic (exact) mass is 288 g/mol. The Morgan fingerprint density at radius 2 is 1.62 bits per heavy atom. The van der Waals surface area contributed by atoms with Crippen molar-refractivity contribution in [3.63, 3.8) is 0 Å². The first-order valence-electron chi connectivity index (χ1n) is 8.22. The van der Waals surface area contributed by atoms with Gasteiger partial charge in [-0.1, -0.05) is 65.0 Å². The molecular weight excluding hydrogens is 260 g/mol. The van der Waals surface area contributed by atoms with Crippen molar-refractivity contribution in [3.05, 3.63) is 23.8 Å². The molecule has 0 heterocycles. The van der Waals surface area contributed by atoms with Crippen molar-refractivity contribution in [2.75, 3.05) is 0 Å². The lowest BCUT2D eigenvalue weighted by Gasteiger charge is -2.20. The minimum Gasteiger partial charge on any atom is -0.505 e. The summed E-state index contributed by atoms with van der Waals surface area (Å²) in [4.78, 5) is 0. The lowest BCUT2D eigenvalue weighted by Crippen LogP contribution is -2.11. The highest BCUT2D eigenvalue weighted by Crippen LogP contribution is 2.37. The van der Waals surface area contributed by atoms with Crippen LogP contribution in [0.4, 0.5) is 5.69 Å². The highest BCUT2D eigenvalue weighted by molar-refractivity contribution is 5.56. The van der Waals surface area contributed by atoms with Gasteiger partial charge in [-0.05, 0) is 24.3 Å². The summed E-state index contributed by atoms with van der Waals surface area (Å²) in [7, 11) is 0. The predicted octanol–water partition coefficient (Wildman–Crippen LogP) is 5.89. The number of hydrogen-bond acceptors (Lipinski definition) is 3. The summed E-state index contributed by atoms with van der Waals surface area (Å²) in [6.07, 6.45) is 8.74. The van der Waals surface area contributed by atoms with Gasteiger partial charge in [-0.25, -0.2) is 0 Å². The van der Waals surface area contributed by atoms with Crippen molar-refractivity contribution in [2.45, 2.75) is 77.2 Å². The maximum atomic E-state index is 10.4. The van der Waals surface area contributed by atoms with Gasteiger partial charge in [0.05, 0.1) is 6.04 Å². The van der Waals surface area contributed by atoms with E-state index in [0.29, 0.717) is 11.7 Å². The molecule has 21 heavy (non-hydrogen) atoms. The van der Waals surface area contributed by atoms with Gasteiger partial charge < -0.3 is 5.11 Å². The number of rotatable bonds is 2. The van der Waals surface area contributed by atoms with Gasteiger partial charge >= 0.3 is 0 Å². The second-order valence-electron chi connectivity index (χ2n) is 7.14. The molecule has 0 radical (unpaired) electrons. The van der Waals surface area contributed by atoms with Crippen LogP contribution in [0.3, 0.4) is 0 Å². The van der Waals surface area contributed by atoms with Gasteiger partial charge in [-0.15, -0.1) is 0 Å². The van der Waals surface area contributed by atoms with E-state index >= 15 is 0 Å². The molecule has 1 saturated carbocycles. The molecule has 1 aromatic rings.